The molecule has 0 spiro atoms. The van der Waals surface area contributed by atoms with Crippen molar-refractivity contribution in [2.45, 2.75) is 26.7 Å². The largest absolute Gasteiger partial charge is 0.497 e. The Hall–Kier alpha value is -2.88. The van der Waals surface area contributed by atoms with Crippen LogP contribution >= 0.6 is 0 Å². The zero-order chi connectivity index (χ0) is 18.5. The van der Waals surface area contributed by atoms with E-state index in [4.69, 9.17) is 9.72 Å². The van der Waals surface area contributed by atoms with E-state index in [2.05, 4.69) is 12.2 Å². The van der Waals surface area contributed by atoms with Crippen molar-refractivity contribution in [1.82, 2.24) is 10.3 Å². The van der Waals surface area contributed by atoms with Gasteiger partial charge in [-0.05, 0) is 55.8 Å². The van der Waals surface area contributed by atoms with Crippen LogP contribution in [0.3, 0.4) is 0 Å². The SMILES string of the molecule is CCCCNC(=O)c1cc(-c2ccc(OC)cc2)nc2ccc(C)cc12. The average Bonchev–Trinajstić information content (AvgIpc) is 2.67. The van der Waals surface area contributed by atoms with E-state index < -0.39 is 0 Å². The molecule has 0 saturated carbocycles. The van der Waals surface area contributed by atoms with Gasteiger partial charge in [0.05, 0.1) is 23.9 Å². The number of fused-ring (bicyclic) bond motifs is 1. The molecule has 0 bridgehead atoms. The Morgan fingerprint density at radius 2 is 1.88 bits per heavy atom. The molecule has 1 N–H and O–H groups in total. The fourth-order valence-corrected chi connectivity index (χ4v) is 2.91. The van der Waals surface area contributed by atoms with Gasteiger partial charge in [0.1, 0.15) is 5.75 Å². The molecule has 0 radical (unpaired) electrons. The molecule has 1 aromatic heterocycles. The normalized spacial score (nSPS) is 10.7. The van der Waals surface area contributed by atoms with Crippen molar-refractivity contribution in [2.24, 2.45) is 0 Å². The number of pyridine rings is 1. The van der Waals surface area contributed by atoms with Gasteiger partial charge in [0.2, 0.25) is 0 Å². The van der Waals surface area contributed by atoms with Crippen LogP contribution in [0.1, 0.15) is 35.7 Å². The van der Waals surface area contributed by atoms with E-state index in [-0.39, 0.29) is 5.91 Å². The Morgan fingerprint density at radius 1 is 1.12 bits per heavy atom. The summed E-state index contributed by atoms with van der Waals surface area (Å²) in [5, 5.41) is 3.91. The number of aromatic nitrogens is 1. The Balaban J connectivity index is 2.07. The number of amides is 1. The molecule has 0 unspecified atom stereocenters. The molecule has 2 aromatic carbocycles. The number of methoxy groups -OCH3 is 1. The molecule has 3 rings (SSSR count). The maximum atomic E-state index is 12.8. The van der Waals surface area contributed by atoms with Crippen molar-refractivity contribution in [1.29, 1.82) is 0 Å². The fraction of sp³-hybridized carbons (Fsp3) is 0.273. The van der Waals surface area contributed by atoms with Crippen molar-refractivity contribution < 1.29 is 9.53 Å². The van der Waals surface area contributed by atoms with Crippen molar-refractivity contribution in [3.8, 4) is 17.0 Å². The van der Waals surface area contributed by atoms with Crippen LogP contribution in [-0.2, 0) is 0 Å². The number of hydrogen-bond donors (Lipinski definition) is 1. The maximum Gasteiger partial charge on any atom is 0.252 e. The minimum atomic E-state index is -0.0498. The lowest BCUT2D eigenvalue weighted by Gasteiger charge is -2.11. The Bertz CT molecular complexity index is 917. The maximum absolute atomic E-state index is 12.8. The summed E-state index contributed by atoms with van der Waals surface area (Å²) >= 11 is 0. The van der Waals surface area contributed by atoms with Crippen molar-refractivity contribution in [3.63, 3.8) is 0 Å². The predicted octanol–water partition coefficient (Wildman–Crippen LogP) is 4.75. The van der Waals surface area contributed by atoms with Crippen molar-refractivity contribution in [2.75, 3.05) is 13.7 Å². The number of nitrogens with one attached hydrogen (secondary N) is 1. The third-order valence-electron chi connectivity index (χ3n) is 4.41. The van der Waals surface area contributed by atoms with E-state index in [0.29, 0.717) is 12.1 Å². The molecule has 0 aliphatic carbocycles. The highest BCUT2D eigenvalue weighted by Gasteiger charge is 2.14. The summed E-state index contributed by atoms with van der Waals surface area (Å²) in [6.07, 6.45) is 2.02. The van der Waals surface area contributed by atoms with Crippen LogP contribution in [0.25, 0.3) is 22.2 Å². The second-order valence-corrected chi connectivity index (χ2v) is 6.41. The van der Waals surface area contributed by atoms with Crippen LogP contribution in [-0.4, -0.2) is 24.5 Å². The lowest BCUT2D eigenvalue weighted by Crippen LogP contribution is -2.24. The summed E-state index contributed by atoms with van der Waals surface area (Å²) in [6, 6.07) is 15.6. The van der Waals surface area contributed by atoms with E-state index in [0.717, 1.165) is 46.3 Å². The monoisotopic (exact) mass is 348 g/mol. The fourth-order valence-electron chi connectivity index (χ4n) is 2.91. The first kappa shape index (κ1) is 17.9. The van der Waals surface area contributed by atoms with Crippen LogP contribution in [0, 0.1) is 6.92 Å². The number of ether oxygens (including phenoxy) is 1. The van der Waals surface area contributed by atoms with Gasteiger partial charge in [-0.15, -0.1) is 0 Å². The van der Waals surface area contributed by atoms with E-state index in [1.165, 1.54) is 0 Å². The molecular formula is C22H24N2O2. The number of aryl methyl sites for hydroxylation is 1. The van der Waals surface area contributed by atoms with E-state index in [1.807, 2.05) is 55.5 Å². The first-order valence-electron chi connectivity index (χ1n) is 8.96. The van der Waals surface area contributed by atoms with Crippen molar-refractivity contribution in [3.05, 3.63) is 59.7 Å². The highest BCUT2D eigenvalue weighted by Crippen LogP contribution is 2.27. The second kappa shape index (κ2) is 8.00. The molecule has 0 aliphatic rings. The summed E-state index contributed by atoms with van der Waals surface area (Å²) < 4.78 is 5.22. The highest BCUT2D eigenvalue weighted by atomic mass is 16.5. The molecule has 1 heterocycles. The van der Waals surface area contributed by atoms with Crippen LogP contribution < -0.4 is 10.1 Å². The van der Waals surface area contributed by atoms with Gasteiger partial charge in [-0.1, -0.05) is 25.0 Å². The molecule has 26 heavy (non-hydrogen) atoms. The molecule has 0 aliphatic heterocycles. The van der Waals surface area contributed by atoms with Crippen molar-refractivity contribution >= 4 is 16.8 Å². The first-order valence-corrected chi connectivity index (χ1v) is 8.96. The summed E-state index contributed by atoms with van der Waals surface area (Å²) in [4.78, 5) is 17.5. The standard InChI is InChI=1S/C22H24N2O2/c1-4-5-12-23-22(25)19-14-21(16-7-9-17(26-3)10-8-16)24-20-11-6-15(2)13-18(19)20/h6-11,13-14H,4-5,12H2,1-3H3,(H,23,25). The molecule has 0 saturated heterocycles. The molecule has 4 heteroatoms. The predicted molar refractivity (Wildman–Crippen MR) is 106 cm³/mol. The minimum absolute atomic E-state index is 0.0498. The highest BCUT2D eigenvalue weighted by molar-refractivity contribution is 6.07. The number of benzene rings is 2. The molecule has 134 valence electrons. The Labute approximate surface area is 154 Å². The molecule has 0 atom stereocenters. The minimum Gasteiger partial charge on any atom is -0.497 e. The number of carbonyl (C=O) groups excluding carboxylic acids is 1. The third-order valence-corrected chi connectivity index (χ3v) is 4.41. The third kappa shape index (κ3) is 3.85. The number of nitrogens with zero attached hydrogens (tertiary/aromatic N) is 1. The topological polar surface area (TPSA) is 51.2 Å². The van der Waals surface area contributed by atoms with Gasteiger partial charge < -0.3 is 10.1 Å². The molecule has 4 nitrogen and oxygen atoms in total. The number of rotatable bonds is 6. The summed E-state index contributed by atoms with van der Waals surface area (Å²) in [7, 11) is 1.64. The molecule has 1 amide bonds. The number of unbranched alkanes of at least 4 members (excludes halogenated alkanes) is 1. The van der Waals surface area contributed by atoms with Crippen LogP contribution in [0.15, 0.2) is 48.5 Å². The van der Waals surface area contributed by atoms with E-state index in [9.17, 15) is 4.79 Å². The lowest BCUT2D eigenvalue weighted by molar-refractivity contribution is 0.0955. The molecule has 3 aromatic rings. The quantitative estimate of drug-likeness (QED) is 0.654. The Morgan fingerprint density at radius 3 is 2.58 bits per heavy atom. The zero-order valence-electron chi connectivity index (χ0n) is 15.5. The van der Waals surface area contributed by atoms with Gasteiger partial charge in [-0.3, -0.25) is 4.79 Å². The zero-order valence-corrected chi connectivity index (χ0v) is 15.5. The number of hydrogen-bond acceptors (Lipinski definition) is 3. The van der Waals surface area contributed by atoms with Gasteiger partial charge in [0, 0.05) is 17.5 Å². The molecular weight excluding hydrogens is 324 g/mol. The summed E-state index contributed by atoms with van der Waals surface area (Å²) in [5.41, 5.74) is 4.34. The smallest absolute Gasteiger partial charge is 0.252 e. The van der Waals surface area contributed by atoms with Gasteiger partial charge >= 0.3 is 0 Å². The average molecular weight is 348 g/mol. The van der Waals surface area contributed by atoms with Gasteiger partial charge in [-0.2, -0.15) is 0 Å². The summed E-state index contributed by atoms with van der Waals surface area (Å²) in [5.74, 6) is 0.744. The molecule has 0 fully saturated rings. The van der Waals surface area contributed by atoms with Crippen LogP contribution in [0.2, 0.25) is 0 Å². The Kier molecular flexibility index (Phi) is 5.52. The van der Waals surface area contributed by atoms with Crippen LogP contribution in [0.5, 0.6) is 5.75 Å². The first-order chi connectivity index (χ1) is 12.6. The van der Waals surface area contributed by atoms with Gasteiger partial charge in [0.25, 0.3) is 5.91 Å². The lowest BCUT2D eigenvalue weighted by atomic mass is 10.0. The second-order valence-electron chi connectivity index (χ2n) is 6.41. The van der Waals surface area contributed by atoms with Crippen LogP contribution in [0.4, 0.5) is 0 Å². The van der Waals surface area contributed by atoms with E-state index >= 15 is 0 Å². The number of carbonyl (C=O) groups is 1. The summed E-state index contributed by atoms with van der Waals surface area (Å²) in [6.45, 7) is 4.82. The van der Waals surface area contributed by atoms with Gasteiger partial charge in [-0.25, -0.2) is 4.98 Å². The van der Waals surface area contributed by atoms with Gasteiger partial charge in [0.15, 0.2) is 0 Å². The van der Waals surface area contributed by atoms with E-state index in [1.54, 1.807) is 7.11 Å².